The second kappa shape index (κ2) is 7.89. The van der Waals surface area contributed by atoms with Gasteiger partial charge in [-0.3, -0.25) is 4.90 Å². The first-order chi connectivity index (χ1) is 12.5. The highest BCUT2D eigenvalue weighted by Crippen LogP contribution is 2.44. The molecule has 0 radical (unpaired) electrons. The molecule has 5 atom stereocenters. The molecule has 0 N–H and O–H groups in total. The summed E-state index contributed by atoms with van der Waals surface area (Å²) in [5.41, 5.74) is 0. The zero-order valence-corrected chi connectivity index (χ0v) is 20.2. The van der Waals surface area contributed by atoms with Gasteiger partial charge in [0.1, 0.15) is 12.2 Å². The monoisotopic (exact) mass is 417 g/mol. The van der Waals surface area contributed by atoms with Crippen molar-refractivity contribution in [3.63, 3.8) is 0 Å². The van der Waals surface area contributed by atoms with Crippen LogP contribution in [0.25, 0.3) is 0 Å². The third kappa shape index (κ3) is 4.60. The molecular formula is C20H39NO4SSi. The second-order valence-electron chi connectivity index (χ2n) is 10.0. The quantitative estimate of drug-likeness (QED) is 0.642. The summed E-state index contributed by atoms with van der Waals surface area (Å²) in [6.07, 6.45) is 0.639. The van der Waals surface area contributed by atoms with Crippen LogP contribution in [0.5, 0.6) is 0 Å². The van der Waals surface area contributed by atoms with Gasteiger partial charge in [0.05, 0.1) is 12.1 Å². The highest BCUT2D eigenvalue weighted by molar-refractivity contribution is 7.99. The molecule has 0 spiro atoms. The van der Waals surface area contributed by atoms with E-state index < -0.39 is 14.1 Å². The number of ether oxygens (including phenoxy) is 3. The van der Waals surface area contributed by atoms with Crippen molar-refractivity contribution in [2.45, 2.75) is 103 Å². The van der Waals surface area contributed by atoms with Crippen LogP contribution in [0.4, 0.5) is 0 Å². The van der Waals surface area contributed by atoms with E-state index >= 15 is 0 Å². The van der Waals surface area contributed by atoms with Gasteiger partial charge in [0, 0.05) is 24.6 Å². The van der Waals surface area contributed by atoms with Gasteiger partial charge in [-0.15, -0.1) is 0 Å². The second-order valence-corrected chi connectivity index (χ2v) is 16.0. The number of hydrogen-bond acceptors (Lipinski definition) is 6. The lowest BCUT2D eigenvalue weighted by molar-refractivity contribution is -0.236. The van der Waals surface area contributed by atoms with Crippen LogP contribution in [0.15, 0.2) is 0 Å². The molecule has 1 unspecified atom stereocenters. The van der Waals surface area contributed by atoms with Gasteiger partial charge in [-0.25, -0.2) is 0 Å². The van der Waals surface area contributed by atoms with Gasteiger partial charge >= 0.3 is 0 Å². The molecule has 3 rings (SSSR count). The van der Waals surface area contributed by atoms with Crippen LogP contribution in [0, 0.1) is 0 Å². The van der Waals surface area contributed by atoms with Gasteiger partial charge in [-0.05, 0) is 38.4 Å². The van der Waals surface area contributed by atoms with Crippen molar-refractivity contribution >= 4 is 20.1 Å². The van der Waals surface area contributed by atoms with Crippen molar-refractivity contribution in [2.24, 2.45) is 0 Å². The van der Waals surface area contributed by atoms with Crippen LogP contribution in [0.1, 0.15) is 48.0 Å². The van der Waals surface area contributed by atoms with Gasteiger partial charge < -0.3 is 18.6 Å². The Bertz CT molecular complexity index is 519. The minimum absolute atomic E-state index is 0.00318. The molecule has 0 aromatic rings. The van der Waals surface area contributed by atoms with E-state index in [4.69, 9.17) is 18.6 Å². The molecule has 0 bridgehead atoms. The third-order valence-electron chi connectivity index (χ3n) is 6.54. The van der Waals surface area contributed by atoms with Crippen LogP contribution in [-0.4, -0.2) is 74.2 Å². The van der Waals surface area contributed by atoms with Crippen LogP contribution >= 0.6 is 11.8 Å². The molecule has 5 nitrogen and oxygen atoms in total. The molecular weight excluding hydrogens is 378 g/mol. The van der Waals surface area contributed by atoms with E-state index in [1.807, 2.05) is 25.6 Å². The summed E-state index contributed by atoms with van der Waals surface area (Å²) in [5, 5.41) is 0.142. The van der Waals surface area contributed by atoms with E-state index in [1.54, 1.807) is 0 Å². The van der Waals surface area contributed by atoms with E-state index in [0.29, 0.717) is 0 Å². The van der Waals surface area contributed by atoms with E-state index in [2.05, 4.69) is 45.7 Å². The van der Waals surface area contributed by atoms with E-state index in [0.717, 1.165) is 31.0 Å². The number of thioether (sulfide) groups is 1. The maximum Gasteiger partial charge on any atom is 0.195 e. The number of hydrogen-bond donors (Lipinski definition) is 0. The lowest BCUT2D eigenvalue weighted by atomic mass is 9.94. The zero-order chi connectivity index (χ0) is 20.0. The summed E-state index contributed by atoms with van der Waals surface area (Å²) >= 11 is 2.02. The average molecular weight is 418 g/mol. The molecule has 0 amide bonds. The first-order valence-electron chi connectivity index (χ1n) is 10.5. The minimum Gasteiger partial charge on any atom is -0.391 e. The van der Waals surface area contributed by atoms with Crippen molar-refractivity contribution in [3.05, 3.63) is 0 Å². The predicted molar refractivity (Wildman–Crippen MR) is 114 cm³/mol. The maximum atomic E-state index is 6.85. The standard InChI is InChI=1S/C20H39NO4SSi/c1-9-14-16-17(24-20(5,6)23-16)15(21-10-12-26-13-11-21)18(22-14)25-27(7,8)19(2,3)4/h14-18H,9-13H2,1-8H3/t14-,15+,16+,17-,18?/m1/s1. The molecule has 0 aromatic heterocycles. The SMILES string of the molecule is CC[C@H]1OC(O[Si](C)(C)C(C)(C)C)[C@@H](N2CCSCC2)[C@H]2OC(C)(C)O[C@H]21. The number of rotatable bonds is 4. The molecule has 3 heterocycles. The molecule has 3 fully saturated rings. The van der Waals surface area contributed by atoms with Gasteiger partial charge in [0.2, 0.25) is 0 Å². The van der Waals surface area contributed by atoms with Crippen molar-refractivity contribution in [1.82, 2.24) is 4.90 Å². The van der Waals surface area contributed by atoms with Gasteiger partial charge in [0.15, 0.2) is 20.4 Å². The summed E-state index contributed by atoms with van der Waals surface area (Å²) in [6, 6.07) is 0.0922. The zero-order valence-electron chi connectivity index (χ0n) is 18.4. The molecule has 27 heavy (non-hydrogen) atoms. The molecule has 3 aliphatic rings. The average Bonchev–Trinajstić information content (AvgIpc) is 2.88. The smallest absolute Gasteiger partial charge is 0.195 e. The Morgan fingerprint density at radius 1 is 1.11 bits per heavy atom. The van der Waals surface area contributed by atoms with Crippen LogP contribution < -0.4 is 0 Å². The molecule has 0 aromatic carbocycles. The van der Waals surface area contributed by atoms with E-state index in [1.165, 1.54) is 0 Å². The van der Waals surface area contributed by atoms with Crippen LogP contribution in [0.3, 0.4) is 0 Å². The van der Waals surface area contributed by atoms with Crippen LogP contribution in [0.2, 0.25) is 18.1 Å². The fourth-order valence-corrected chi connectivity index (χ4v) is 6.06. The summed E-state index contributed by atoms with van der Waals surface area (Å²) in [6.45, 7) is 19.8. The first-order valence-corrected chi connectivity index (χ1v) is 14.5. The molecule has 0 aliphatic carbocycles. The molecule has 158 valence electrons. The van der Waals surface area contributed by atoms with Crippen molar-refractivity contribution in [3.8, 4) is 0 Å². The fourth-order valence-electron chi connectivity index (χ4n) is 4.00. The highest BCUT2D eigenvalue weighted by atomic mass is 32.2. The summed E-state index contributed by atoms with van der Waals surface area (Å²) in [4.78, 5) is 2.53. The molecule has 0 saturated carbocycles. The Hall–Kier alpha value is 0.367. The van der Waals surface area contributed by atoms with Crippen molar-refractivity contribution in [1.29, 1.82) is 0 Å². The summed E-state index contributed by atoms with van der Waals surface area (Å²) < 4.78 is 26.2. The molecule has 7 heteroatoms. The van der Waals surface area contributed by atoms with Crippen molar-refractivity contribution < 1.29 is 18.6 Å². The van der Waals surface area contributed by atoms with Crippen LogP contribution in [-0.2, 0) is 18.6 Å². The normalized spacial score (nSPS) is 38.0. The number of nitrogens with zero attached hydrogens (tertiary/aromatic N) is 1. The first kappa shape index (κ1) is 22.1. The lowest BCUT2D eigenvalue weighted by Crippen LogP contribution is -2.66. The van der Waals surface area contributed by atoms with Gasteiger partial charge in [-0.2, -0.15) is 11.8 Å². The third-order valence-corrected chi connectivity index (χ3v) is 11.9. The largest absolute Gasteiger partial charge is 0.391 e. The molecule has 3 aliphatic heterocycles. The topological polar surface area (TPSA) is 40.2 Å². The Morgan fingerprint density at radius 2 is 1.70 bits per heavy atom. The molecule has 3 saturated heterocycles. The lowest BCUT2D eigenvalue weighted by Gasteiger charge is -2.50. The van der Waals surface area contributed by atoms with E-state index in [-0.39, 0.29) is 35.7 Å². The van der Waals surface area contributed by atoms with Crippen molar-refractivity contribution in [2.75, 3.05) is 24.6 Å². The Labute approximate surface area is 170 Å². The fraction of sp³-hybridized carbons (Fsp3) is 1.00. The number of fused-ring (bicyclic) bond motifs is 1. The Morgan fingerprint density at radius 3 is 2.26 bits per heavy atom. The maximum absolute atomic E-state index is 6.85. The summed E-state index contributed by atoms with van der Waals surface area (Å²) in [5.74, 6) is 1.74. The van der Waals surface area contributed by atoms with E-state index in [9.17, 15) is 0 Å². The van der Waals surface area contributed by atoms with Gasteiger partial charge in [-0.1, -0.05) is 27.7 Å². The highest BCUT2D eigenvalue weighted by Gasteiger charge is 2.57. The minimum atomic E-state index is -1.97. The Balaban J connectivity index is 1.91. The predicted octanol–water partition coefficient (Wildman–Crippen LogP) is 4.08. The summed E-state index contributed by atoms with van der Waals surface area (Å²) in [7, 11) is -1.97. The van der Waals surface area contributed by atoms with Gasteiger partial charge in [0.25, 0.3) is 0 Å². The Kier molecular flexibility index (Phi) is 6.45.